The number of amides is 3. The van der Waals surface area contributed by atoms with Crippen molar-refractivity contribution in [2.45, 2.75) is 83.3 Å². The molecule has 2 aromatic carbocycles. The molecule has 2 fully saturated rings. The molecule has 3 aromatic heterocycles. The summed E-state index contributed by atoms with van der Waals surface area (Å²) in [5.41, 5.74) is 4.16. The number of aromatic nitrogens is 4. The number of esters is 1. The van der Waals surface area contributed by atoms with Gasteiger partial charge in [-0.25, -0.2) is 14.8 Å². The minimum Gasteiger partial charge on any atom is -0.466 e. The van der Waals surface area contributed by atoms with Gasteiger partial charge in [-0.2, -0.15) is 0 Å². The summed E-state index contributed by atoms with van der Waals surface area (Å²) in [5.74, 6) is -1.03. The summed E-state index contributed by atoms with van der Waals surface area (Å²) in [6, 6.07) is 15.8. The molecule has 5 heterocycles. The van der Waals surface area contributed by atoms with E-state index in [1.165, 1.54) is 18.4 Å². The van der Waals surface area contributed by atoms with Gasteiger partial charge in [-0.3, -0.25) is 23.6 Å². The molecule has 0 radical (unpaired) electrons. The van der Waals surface area contributed by atoms with Gasteiger partial charge in [-0.05, 0) is 55.2 Å². The van der Waals surface area contributed by atoms with Crippen LogP contribution in [-0.2, 0) is 35.1 Å². The molecular weight excluding hydrogens is 759 g/mol. The number of carbonyl (C=O) groups excluding carboxylic acids is 5. The molecule has 5 aromatic rings. The number of likely N-dealkylation sites (tertiary alicyclic amines) is 2. The highest BCUT2D eigenvalue weighted by atomic mass is 32.1. The lowest BCUT2D eigenvalue weighted by atomic mass is 9.93. The first-order valence-electron chi connectivity index (χ1n) is 19.9. The standard InChI is InChI=1S/C43H49N7O7S/c1-5-57-37(52)22-31(27-11-7-6-8-12-27)40(53)49-19-9-13-33(49)35(51)21-30-24-48-25-36(58-42(48)45-30)29-17-15-28(16-18-29)32-23-44-39(46-32)34-14-10-20-50(34)41(54)38(26(2)3)47-43(55)56-4/h6-8,11-12,15-18,23-26,31,33-34,38H,5,9-10,13-14,19-22H2,1-4H3,(H,44,46)(H,47,55)/t31-,33?,34+,38+/m1/s1. The molecule has 0 spiro atoms. The number of imidazole rings is 2. The van der Waals surface area contributed by atoms with Gasteiger partial charge >= 0.3 is 12.1 Å². The van der Waals surface area contributed by atoms with E-state index in [0.29, 0.717) is 37.4 Å². The number of carbonyl (C=O) groups is 5. The third-order valence-electron chi connectivity index (χ3n) is 11.0. The van der Waals surface area contributed by atoms with Crippen molar-refractivity contribution in [2.24, 2.45) is 5.92 Å². The predicted molar refractivity (Wildman–Crippen MR) is 218 cm³/mol. The number of ketones is 1. The van der Waals surface area contributed by atoms with E-state index in [4.69, 9.17) is 14.5 Å². The average molecular weight is 808 g/mol. The lowest BCUT2D eigenvalue weighted by Gasteiger charge is -2.30. The zero-order valence-corrected chi connectivity index (χ0v) is 34.0. The third-order valence-corrected chi connectivity index (χ3v) is 12.0. The van der Waals surface area contributed by atoms with Gasteiger partial charge in [0.15, 0.2) is 10.7 Å². The summed E-state index contributed by atoms with van der Waals surface area (Å²) in [6.07, 6.45) is 7.92. The lowest BCUT2D eigenvalue weighted by Crippen LogP contribution is -2.51. The van der Waals surface area contributed by atoms with Crippen LogP contribution in [0.15, 0.2) is 73.2 Å². The number of thiazole rings is 1. The highest BCUT2D eigenvalue weighted by Gasteiger charge is 2.39. The molecule has 14 nitrogen and oxygen atoms in total. The van der Waals surface area contributed by atoms with E-state index < -0.39 is 30.1 Å². The number of fused-ring (bicyclic) bond motifs is 1. The van der Waals surface area contributed by atoms with Crippen LogP contribution in [0.25, 0.3) is 26.7 Å². The van der Waals surface area contributed by atoms with E-state index in [2.05, 4.69) is 15.3 Å². The molecule has 58 heavy (non-hydrogen) atoms. The van der Waals surface area contributed by atoms with Crippen LogP contribution in [0.1, 0.15) is 81.9 Å². The summed E-state index contributed by atoms with van der Waals surface area (Å²) >= 11 is 1.52. The molecule has 2 N–H and O–H groups in total. The fourth-order valence-electron chi connectivity index (χ4n) is 8.00. The number of Topliss-reactive ketones (excluding diaryl/α,β-unsaturated/α-hetero) is 1. The maximum atomic E-state index is 13.9. The Morgan fingerprint density at radius 2 is 1.66 bits per heavy atom. The van der Waals surface area contributed by atoms with Crippen LogP contribution in [0.3, 0.4) is 0 Å². The normalized spacial score (nSPS) is 17.7. The predicted octanol–water partition coefficient (Wildman–Crippen LogP) is 6.34. The number of aromatic amines is 1. The number of hydrogen-bond donors (Lipinski definition) is 2. The number of nitrogens with zero attached hydrogens (tertiary/aromatic N) is 5. The number of hydrogen-bond acceptors (Lipinski definition) is 10. The van der Waals surface area contributed by atoms with Crippen LogP contribution < -0.4 is 5.32 Å². The van der Waals surface area contributed by atoms with E-state index >= 15 is 0 Å². The Hall–Kier alpha value is -5.83. The molecule has 4 atom stereocenters. The van der Waals surface area contributed by atoms with Crippen molar-refractivity contribution in [3.8, 4) is 21.7 Å². The van der Waals surface area contributed by atoms with Crippen molar-refractivity contribution < 1.29 is 33.4 Å². The molecule has 0 bridgehead atoms. The molecular formula is C43H49N7O7S. The molecule has 0 saturated carbocycles. The Morgan fingerprint density at radius 1 is 0.931 bits per heavy atom. The minimum atomic E-state index is -0.724. The summed E-state index contributed by atoms with van der Waals surface area (Å²) in [7, 11) is 1.28. The molecule has 2 aliphatic heterocycles. The van der Waals surface area contributed by atoms with Gasteiger partial charge in [0.1, 0.15) is 11.9 Å². The van der Waals surface area contributed by atoms with E-state index in [1.807, 2.05) is 85.2 Å². The van der Waals surface area contributed by atoms with E-state index in [0.717, 1.165) is 45.1 Å². The van der Waals surface area contributed by atoms with Crippen molar-refractivity contribution in [2.75, 3.05) is 26.8 Å². The average Bonchev–Trinajstić information content (AvgIpc) is 4.07. The van der Waals surface area contributed by atoms with E-state index in [9.17, 15) is 24.0 Å². The van der Waals surface area contributed by atoms with Gasteiger partial charge in [-0.1, -0.05) is 79.8 Å². The number of H-pyrrole nitrogens is 1. The van der Waals surface area contributed by atoms with Crippen LogP contribution in [-0.4, -0.2) is 97.7 Å². The minimum absolute atomic E-state index is 0.0695. The smallest absolute Gasteiger partial charge is 0.407 e. The van der Waals surface area contributed by atoms with Gasteiger partial charge in [0.05, 0.1) is 67.0 Å². The number of benzene rings is 2. The molecule has 15 heteroatoms. The second kappa shape index (κ2) is 17.8. The Kier molecular flexibility index (Phi) is 12.4. The number of nitrogens with one attached hydrogen (secondary N) is 2. The molecule has 2 aliphatic rings. The maximum Gasteiger partial charge on any atom is 0.407 e. The number of ether oxygens (including phenoxy) is 2. The van der Waals surface area contributed by atoms with Crippen LogP contribution in [0.2, 0.25) is 0 Å². The number of rotatable bonds is 14. The first-order chi connectivity index (χ1) is 28.0. The fourth-order valence-corrected chi connectivity index (χ4v) is 8.99. The quantitative estimate of drug-likeness (QED) is 0.122. The third kappa shape index (κ3) is 8.69. The van der Waals surface area contributed by atoms with Crippen LogP contribution in [0.4, 0.5) is 4.79 Å². The Bertz CT molecular complexity index is 2230. The topological polar surface area (TPSA) is 168 Å². The molecule has 1 unspecified atom stereocenters. The van der Waals surface area contributed by atoms with Gasteiger partial charge < -0.3 is 29.6 Å². The van der Waals surface area contributed by atoms with E-state index in [-0.39, 0.29) is 49.0 Å². The number of alkyl carbamates (subject to hydrolysis) is 1. The lowest BCUT2D eigenvalue weighted by molar-refractivity contribution is -0.147. The zero-order chi connectivity index (χ0) is 40.9. The Labute approximate surface area is 340 Å². The first-order valence-corrected chi connectivity index (χ1v) is 20.7. The van der Waals surface area contributed by atoms with Crippen LogP contribution >= 0.6 is 11.3 Å². The summed E-state index contributed by atoms with van der Waals surface area (Å²) in [6.45, 7) is 6.79. The van der Waals surface area contributed by atoms with Gasteiger partial charge in [0.25, 0.3) is 0 Å². The van der Waals surface area contributed by atoms with Crippen LogP contribution in [0.5, 0.6) is 0 Å². The van der Waals surface area contributed by atoms with Crippen molar-refractivity contribution >= 4 is 46.0 Å². The second-order valence-corrected chi connectivity index (χ2v) is 16.1. The molecule has 3 amide bonds. The van der Waals surface area contributed by atoms with Gasteiger partial charge in [-0.15, -0.1) is 0 Å². The second-order valence-electron chi connectivity index (χ2n) is 15.1. The van der Waals surface area contributed by atoms with Crippen molar-refractivity contribution in [3.63, 3.8) is 0 Å². The van der Waals surface area contributed by atoms with Crippen molar-refractivity contribution in [3.05, 3.63) is 90.3 Å². The summed E-state index contributed by atoms with van der Waals surface area (Å²) in [5, 5.41) is 2.69. The highest BCUT2D eigenvalue weighted by Crippen LogP contribution is 2.35. The fraction of sp³-hybridized carbons (Fsp3) is 0.419. The SMILES string of the molecule is CCOC(=O)C[C@@H](C(=O)N1CCCC1C(=O)Cc1cn2cc(-c3ccc(-c4cnc([C@@H]5CCCN5C(=O)[C@@H](NC(=O)OC)C(C)C)[nH]4)cc3)sc2n1)c1ccccc1. The molecule has 304 valence electrons. The zero-order valence-electron chi connectivity index (χ0n) is 33.2. The van der Waals surface area contributed by atoms with Gasteiger partial charge in [0, 0.05) is 25.5 Å². The van der Waals surface area contributed by atoms with Crippen molar-refractivity contribution in [1.82, 2.24) is 34.5 Å². The highest BCUT2D eigenvalue weighted by molar-refractivity contribution is 7.20. The molecule has 0 aliphatic carbocycles. The summed E-state index contributed by atoms with van der Waals surface area (Å²) in [4.78, 5) is 83.7. The Morgan fingerprint density at radius 3 is 2.36 bits per heavy atom. The van der Waals surface area contributed by atoms with Crippen molar-refractivity contribution in [1.29, 1.82) is 0 Å². The monoisotopic (exact) mass is 807 g/mol. The Balaban J connectivity index is 0.992. The molecule has 2 saturated heterocycles. The number of methoxy groups -OCH3 is 1. The van der Waals surface area contributed by atoms with E-state index in [1.54, 1.807) is 22.9 Å². The molecule has 7 rings (SSSR count). The van der Waals surface area contributed by atoms with Gasteiger partial charge in [0.2, 0.25) is 11.8 Å². The first kappa shape index (κ1) is 40.4. The summed E-state index contributed by atoms with van der Waals surface area (Å²) < 4.78 is 11.9. The van der Waals surface area contributed by atoms with Crippen LogP contribution in [0, 0.1) is 5.92 Å². The largest absolute Gasteiger partial charge is 0.466 e. The maximum absolute atomic E-state index is 13.9.